The third-order valence-corrected chi connectivity index (χ3v) is 4.77. The highest BCUT2D eigenvalue weighted by Crippen LogP contribution is 2.18. The van der Waals surface area contributed by atoms with Gasteiger partial charge in [-0.15, -0.1) is 0 Å². The van der Waals surface area contributed by atoms with E-state index in [1.54, 1.807) is 0 Å². The Labute approximate surface area is 96.0 Å². The number of carbonyl (C=O) groups is 1. The number of nitrogens with zero attached hydrogens (tertiary/aromatic N) is 2. The molecule has 94 valence electrons. The summed E-state index contributed by atoms with van der Waals surface area (Å²) in [5.41, 5.74) is 0. The van der Waals surface area contributed by atoms with Crippen LogP contribution >= 0.6 is 0 Å². The summed E-state index contributed by atoms with van der Waals surface area (Å²) in [6.45, 7) is 4.62. The van der Waals surface area contributed by atoms with Crippen LogP contribution in [-0.2, 0) is 15.0 Å². The van der Waals surface area contributed by atoms with Crippen molar-refractivity contribution < 1.29 is 18.3 Å². The van der Waals surface area contributed by atoms with Crippen molar-refractivity contribution in [2.75, 3.05) is 19.6 Å². The van der Waals surface area contributed by atoms with Gasteiger partial charge in [0.05, 0.1) is 6.42 Å². The summed E-state index contributed by atoms with van der Waals surface area (Å²) < 4.78 is 26.7. The molecule has 7 heteroatoms. The van der Waals surface area contributed by atoms with Crippen molar-refractivity contribution in [3.63, 3.8) is 0 Å². The van der Waals surface area contributed by atoms with Crippen LogP contribution < -0.4 is 0 Å². The fourth-order valence-corrected chi connectivity index (χ4v) is 3.63. The van der Waals surface area contributed by atoms with Crippen LogP contribution in [0.1, 0.15) is 26.7 Å². The van der Waals surface area contributed by atoms with Crippen molar-refractivity contribution in [2.45, 2.75) is 32.7 Å². The lowest BCUT2D eigenvalue weighted by Gasteiger charge is -2.36. The Morgan fingerprint density at radius 2 is 2.00 bits per heavy atom. The van der Waals surface area contributed by atoms with Crippen LogP contribution in [0.25, 0.3) is 0 Å². The van der Waals surface area contributed by atoms with E-state index < -0.39 is 16.2 Å². The molecule has 1 saturated heterocycles. The van der Waals surface area contributed by atoms with Crippen molar-refractivity contribution in [3.8, 4) is 0 Å². The lowest BCUT2D eigenvalue weighted by Crippen LogP contribution is -2.52. The average molecular weight is 250 g/mol. The summed E-state index contributed by atoms with van der Waals surface area (Å²) in [4.78, 5) is 10.4. The van der Waals surface area contributed by atoms with E-state index in [9.17, 15) is 13.2 Å². The second kappa shape index (κ2) is 5.11. The molecule has 0 aliphatic carbocycles. The van der Waals surface area contributed by atoms with Gasteiger partial charge in [0.25, 0.3) is 10.2 Å². The van der Waals surface area contributed by atoms with Gasteiger partial charge in [0.2, 0.25) is 0 Å². The minimum atomic E-state index is -3.46. The summed E-state index contributed by atoms with van der Waals surface area (Å²) in [5.74, 6) is -0.975. The molecule has 0 aromatic carbocycles. The molecule has 0 atom stereocenters. The predicted molar refractivity (Wildman–Crippen MR) is 59.2 cm³/mol. The third kappa shape index (κ3) is 2.93. The van der Waals surface area contributed by atoms with Gasteiger partial charge in [-0.05, 0) is 20.3 Å². The number of hydrogen-bond acceptors (Lipinski definition) is 3. The lowest BCUT2D eigenvalue weighted by molar-refractivity contribution is -0.137. The Kier molecular flexibility index (Phi) is 4.28. The molecular formula is C9H18N2O4S. The molecule has 0 amide bonds. The van der Waals surface area contributed by atoms with E-state index in [4.69, 9.17) is 5.11 Å². The Morgan fingerprint density at radius 3 is 2.50 bits per heavy atom. The van der Waals surface area contributed by atoms with Crippen LogP contribution in [0.5, 0.6) is 0 Å². The standard InChI is InChI=1S/C9H18N2O4S/c1-8(2)11-6-3-5-10(16(11,14)15)7-4-9(12)13/h8H,3-7H2,1-2H3,(H,12,13). The average Bonchev–Trinajstić information content (AvgIpc) is 2.14. The summed E-state index contributed by atoms with van der Waals surface area (Å²) in [6.07, 6.45) is 0.599. The largest absolute Gasteiger partial charge is 0.481 e. The molecule has 1 rings (SSSR count). The summed E-state index contributed by atoms with van der Waals surface area (Å²) in [7, 11) is -3.46. The molecule has 1 heterocycles. The van der Waals surface area contributed by atoms with E-state index in [1.165, 1.54) is 8.61 Å². The predicted octanol–water partition coefficient (Wildman–Crippen LogP) is 0.122. The third-order valence-electron chi connectivity index (χ3n) is 2.56. The second-order valence-electron chi connectivity index (χ2n) is 4.11. The Bertz CT molecular complexity index is 353. The molecule has 6 nitrogen and oxygen atoms in total. The van der Waals surface area contributed by atoms with Gasteiger partial charge >= 0.3 is 5.97 Å². The van der Waals surface area contributed by atoms with Crippen LogP contribution in [0.3, 0.4) is 0 Å². The van der Waals surface area contributed by atoms with Gasteiger partial charge in [-0.2, -0.15) is 17.0 Å². The molecule has 16 heavy (non-hydrogen) atoms. The number of carboxylic acids is 1. The summed E-state index contributed by atoms with van der Waals surface area (Å²) in [5, 5.41) is 8.55. The summed E-state index contributed by atoms with van der Waals surface area (Å²) in [6, 6.07) is -0.0855. The van der Waals surface area contributed by atoms with Crippen LogP contribution in [-0.4, -0.2) is 53.8 Å². The molecule has 1 fully saturated rings. The minimum Gasteiger partial charge on any atom is -0.481 e. The van der Waals surface area contributed by atoms with Crippen molar-refractivity contribution in [2.24, 2.45) is 0 Å². The van der Waals surface area contributed by atoms with E-state index in [2.05, 4.69) is 0 Å². The van der Waals surface area contributed by atoms with Crippen molar-refractivity contribution >= 4 is 16.2 Å². The zero-order chi connectivity index (χ0) is 12.3. The normalized spacial score (nSPS) is 22.4. The van der Waals surface area contributed by atoms with Gasteiger partial charge in [-0.25, -0.2) is 0 Å². The molecule has 0 unspecified atom stereocenters. The van der Waals surface area contributed by atoms with Gasteiger partial charge < -0.3 is 5.11 Å². The van der Waals surface area contributed by atoms with Crippen LogP contribution in [0.2, 0.25) is 0 Å². The van der Waals surface area contributed by atoms with E-state index in [0.29, 0.717) is 13.1 Å². The highest BCUT2D eigenvalue weighted by atomic mass is 32.2. The van der Waals surface area contributed by atoms with E-state index in [0.717, 1.165) is 6.42 Å². The first kappa shape index (κ1) is 13.4. The maximum absolute atomic E-state index is 12.0. The van der Waals surface area contributed by atoms with Crippen molar-refractivity contribution in [3.05, 3.63) is 0 Å². The molecule has 0 aromatic heterocycles. The molecule has 0 spiro atoms. The quantitative estimate of drug-likeness (QED) is 0.769. The first-order valence-corrected chi connectivity index (χ1v) is 6.74. The molecule has 0 saturated carbocycles. The molecule has 1 aliphatic heterocycles. The minimum absolute atomic E-state index is 0.0564. The fraction of sp³-hybridized carbons (Fsp3) is 0.889. The molecular weight excluding hydrogens is 232 g/mol. The maximum Gasteiger partial charge on any atom is 0.304 e. The smallest absolute Gasteiger partial charge is 0.304 e. The second-order valence-corrected chi connectivity index (χ2v) is 5.99. The molecule has 0 aromatic rings. The Balaban J connectivity index is 2.75. The number of hydrogen-bond donors (Lipinski definition) is 1. The summed E-state index contributed by atoms with van der Waals surface area (Å²) >= 11 is 0. The van der Waals surface area contributed by atoms with E-state index in [-0.39, 0.29) is 19.0 Å². The maximum atomic E-state index is 12.0. The first-order chi connectivity index (χ1) is 7.35. The highest BCUT2D eigenvalue weighted by Gasteiger charge is 2.34. The van der Waals surface area contributed by atoms with Crippen LogP contribution in [0.15, 0.2) is 0 Å². The topological polar surface area (TPSA) is 77.9 Å². The van der Waals surface area contributed by atoms with Gasteiger partial charge in [0.15, 0.2) is 0 Å². The van der Waals surface area contributed by atoms with E-state index in [1.807, 2.05) is 13.8 Å². The number of aliphatic carboxylic acids is 1. The number of rotatable bonds is 4. The van der Waals surface area contributed by atoms with Gasteiger partial charge in [-0.1, -0.05) is 0 Å². The molecule has 1 N–H and O–H groups in total. The monoisotopic (exact) mass is 250 g/mol. The Hall–Kier alpha value is -0.660. The molecule has 1 aliphatic rings. The number of carboxylic acid groups (broad SMARTS) is 1. The first-order valence-electron chi connectivity index (χ1n) is 5.34. The molecule has 0 radical (unpaired) electrons. The highest BCUT2D eigenvalue weighted by molar-refractivity contribution is 7.86. The molecule has 0 bridgehead atoms. The lowest BCUT2D eigenvalue weighted by atomic mass is 10.3. The van der Waals surface area contributed by atoms with Crippen LogP contribution in [0, 0.1) is 0 Å². The van der Waals surface area contributed by atoms with Crippen molar-refractivity contribution in [1.82, 2.24) is 8.61 Å². The zero-order valence-electron chi connectivity index (χ0n) is 9.59. The zero-order valence-corrected chi connectivity index (χ0v) is 10.4. The van der Waals surface area contributed by atoms with E-state index >= 15 is 0 Å². The van der Waals surface area contributed by atoms with Gasteiger partial charge in [-0.3, -0.25) is 4.79 Å². The Morgan fingerprint density at radius 1 is 1.38 bits per heavy atom. The van der Waals surface area contributed by atoms with Crippen molar-refractivity contribution in [1.29, 1.82) is 0 Å². The SMILES string of the molecule is CC(C)N1CCCN(CCC(=O)O)S1(=O)=O. The fourth-order valence-electron chi connectivity index (χ4n) is 1.75. The van der Waals surface area contributed by atoms with Gasteiger partial charge in [0, 0.05) is 25.7 Å². The van der Waals surface area contributed by atoms with Crippen LogP contribution in [0.4, 0.5) is 0 Å². The van der Waals surface area contributed by atoms with Gasteiger partial charge in [0.1, 0.15) is 0 Å².